The number of hydrogen-bond donors (Lipinski definition) is 0. The molecule has 1 fully saturated rings. The molecular weight excluding hydrogens is 272 g/mol. The Kier molecular flexibility index (Phi) is 4.82. The van der Waals surface area contributed by atoms with Crippen LogP contribution < -0.4 is 0 Å². The number of likely N-dealkylation sites (tertiary alicyclic amines) is 1. The number of aryl methyl sites for hydroxylation is 2. The van der Waals surface area contributed by atoms with Gasteiger partial charge in [0.25, 0.3) is 0 Å². The van der Waals surface area contributed by atoms with Crippen LogP contribution in [0.5, 0.6) is 0 Å². The van der Waals surface area contributed by atoms with Crippen molar-refractivity contribution in [3.8, 4) is 0 Å². The zero-order chi connectivity index (χ0) is 15.5. The molecule has 0 spiro atoms. The van der Waals surface area contributed by atoms with Crippen molar-refractivity contribution in [2.45, 2.75) is 51.0 Å². The van der Waals surface area contributed by atoms with Crippen molar-refractivity contribution in [2.75, 3.05) is 27.2 Å². The van der Waals surface area contributed by atoms with Gasteiger partial charge < -0.3 is 9.80 Å². The highest BCUT2D eigenvalue weighted by Crippen LogP contribution is 2.24. The Morgan fingerprint density at radius 2 is 2.00 bits per heavy atom. The number of benzene rings is 1. The SMILES string of the molecule is CN(C)C[C@H]1CCCCN1C(=O)Cc1ccc2c(c1)CCC2. The Bertz CT molecular complexity index is 538. The van der Waals surface area contributed by atoms with Crippen LogP contribution in [-0.4, -0.2) is 48.9 Å². The first-order valence-corrected chi connectivity index (χ1v) is 8.68. The second-order valence-corrected chi connectivity index (χ2v) is 7.13. The molecule has 3 rings (SSSR count). The zero-order valence-corrected chi connectivity index (χ0v) is 14.0. The van der Waals surface area contributed by atoms with E-state index in [0.717, 1.165) is 25.9 Å². The van der Waals surface area contributed by atoms with Crippen LogP contribution in [0.15, 0.2) is 18.2 Å². The quantitative estimate of drug-likeness (QED) is 0.853. The lowest BCUT2D eigenvalue weighted by Gasteiger charge is -2.37. The average Bonchev–Trinajstić information content (AvgIpc) is 2.94. The summed E-state index contributed by atoms with van der Waals surface area (Å²) in [6, 6.07) is 7.06. The molecule has 3 nitrogen and oxygen atoms in total. The van der Waals surface area contributed by atoms with E-state index in [1.165, 1.54) is 42.4 Å². The molecule has 1 atom stereocenters. The van der Waals surface area contributed by atoms with Gasteiger partial charge in [0.1, 0.15) is 0 Å². The second-order valence-electron chi connectivity index (χ2n) is 7.13. The molecule has 0 N–H and O–H groups in total. The van der Waals surface area contributed by atoms with E-state index in [-0.39, 0.29) is 0 Å². The highest BCUT2D eigenvalue weighted by atomic mass is 16.2. The van der Waals surface area contributed by atoms with E-state index in [4.69, 9.17) is 0 Å². The van der Waals surface area contributed by atoms with Gasteiger partial charge in [0, 0.05) is 19.1 Å². The summed E-state index contributed by atoms with van der Waals surface area (Å²) in [5.74, 6) is 0.310. The van der Waals surface area contributed by atoms with Gasteiger partial charge >= 0.3 is 0 Å². The van der Waals surface area contributed by atoms with Gasteiger partial charge in [0.05, 0.1) is 6.42 Å². The number of nitrogens with zero attached hydrogens (tertiary/aromatic N) is 2. The van der Waals surface area contributed by atoms with E-state index < -0.39 is 0 Å². The number of rotatable bonds is 4. The highest BCUT2D eigenvalue weighted by molar-refractivity contribution is 5.79. The van der Waals surface area contributed by atoms with Gasteiger partial charge in [-0.1, -0.05) is 18.2 Å². The molecule has 0 unspecified atom stereocenters. The summed E-state index contributed by atoms with van der Waals surface area (Å²) in [5.41, 5.74) is 4.15. The van der Waals surface area contributed by atoms with Crippen LogP contribution in [0, 0.1) is 0 Å². The smallest absolute Gasteiger partial charge is 0.227 e. The monoisotopic (exact) mass is 300 g/mol. The lowest BCUT2D eigenvalue weighted by atomic mass is 9.99. The van der Waals surface area contributed by atoms with Gasteiger partial charge in [-0.25, -0.2) is 0 Å². The first-order valence-electron chi connectivity index (χ1n) is 8.68. The number of hydrogen-bond acceptors (Lipinski definition) is 2. The lowest BCUT2D eigenvalue weighted by molar-refractivity contribution is -0.134. The van der Waals surface area contributed by atoms with Crippen LogP contribution in [0.2, 0.25) is 0 Å². The minimum absolute atomic E-state index is 0.310. The van der Waals surface area contributed by atoms with Crippen molar-refractivity contribution in [3.05, 3.63) is 34.9 Å². The van der Waals surface area contributed by atoms with Gasteiger partial charge in [0.15, 0.2) is 0 Å². The fourth-order valence-corrected chi connectivity index (χ4v) is 3.95. The van der Waals surface area contributed by atoms with Crippen molar-refractivity contribution in [3.63, 3.8) is 0 Å². The van der Waals surface area contributed by atoms with Gasteiger partial charge in [-0.05, 0) is 69.3 Å². The third-order valence-corrected chi connectivity index (χ3v) is 5.04. The summed E-state index contributed by atoms with van der Waals surface area (Å²) in [4.78, 5) is 17.1. The van der Waals surface area contributed by atoms with Crippen molar-refractivity contribution in [2.24, 2.45) is 0 Å². The predicted molar refractivity (Wildman–Crippen MR) is 90.1 cm³/mol. The first kappa shape index (κ1) is 15.5. The fourth-order valence-electron chi connectivity index (χ4n) is 3.95. The molecule has 3 heteroatoms. The Hall–Kier alpha value is -1.35. The summed E-state index contributed by atoms with van der Waals surface area (Å²) < 4.78 is 0. The van der Waals surface area contributed by atoms with E-state index >= 15 is 0 Å². The van der Waals surface area contributed by atoms with Crippen LogP contribution in [-0.2, 0) is 24.1 Å². The number of fused-ring (bicyclic) bond motifs is 1. The molecule has 0 aromatic heterocycles. The standard InChI is InChI=1S/C19H28N2O/c1-20(2)14-18-8-3-4-11-21(18)19(22)13-15-9-10-16-6-5-7-17(16)12-15/h9-10,12,18H,3-8,11,13-14H2,1-2H3/t18-/m1/s1. The van der Waals surface area contributed by atoms with E-state index in [1.54, 1.807) is 0 Å². The van der Waals surface area contributed by atoms with Gasteiger partial charge in [0.2, 0.25) is 5.91 Å². The predicted octanol–water partition coefficient (Wildman–Crippen LogP) is 2.66. The van der Waals surface area contributed by atoms with E-state index in [0.29, 0.717) is 18.4 Å². The lowest BCUT2D eigenvalue weighted by Crippen LogP contribution is -2.48. The maximum atomic E-state index is 12.8. The minimum atomic E-state index is 0.310. The molecule has 1 amide bonds. The summed E-state index contributed by atoms with van der Waals surface area (Å²) in [5, 5.41) is 0. The molecule has 1 aliphatic carbocycles. The maximum absolute atomic E-state index is 12.8. The van der Waals surface area contributed by atoms with Crippen LogP contribution in [0.3, 0.4) is 0 Å². The Morgan fingerprint density at radius 3 is 2.82 bits per heavy atom. The summed E-state index contributed by atoms with van der Waals surface area (Å²) in [7, 11) is 4.19. The van der Waals surface area contributed by atoms with Crippen molar-refractivity contribution >= 4 is 5.91 Å². The topological polar surface area (TPSA) is 23.6 Å². The molecule has 0 radical (unpaired) electrons. The summed E-state index contributed by atoms with van der Waals surface area (Å²) >= 11 is 0. The summed E-state index contributed by atoms with van der Waals surface area (Å²) in [6.45, 7) is 1.91. The molecule has 22 heavy (non-hydrogen) atoms. The largest absolute Gasteiger partial charge is 0.338 e. The maximum Gasteiger partial charge on any atom is 0.227 e. The van der Waals surface area contributed by atoms with Crippen LogP contribution in [0.25, 0.3) is 0 Å². The molecule has 1 heterocycles. The number of carbonyl (C=O) groups is 1. The normalized spacial score (nSPS) is 21.2. The van der Waals surface area contributed by atoms with Crippen LogP contribution in [0.1, 0.15) is 42.4 Å². The third kappa shape index (κ3) is 3.52. The van der Waals surface area contributed by atoms with Gasteiger partial charge in [-0.2, -0.15) is 0 Å². The van der Waals surface area contributed by atoms with Crippen molar-refractivity contribution < 1.29 is 4.79 Å². The molecule has 0 bridgehead atoms. The third-order valence-electron chi connectivity index (χ3n) is 5.04. The number of amides is 1. The highest BCUT2D eigenvalue weighted by Gasteiger charge is 2.27. The molecule has 1 aromatic carbocycles. The fraction of sp³-hybridized carbons (Fsp3) is 0.632. The molecule has 0 saturated carbocycles. The first-order chi connectivity index (χ1) is 10.6. The Labute approximate surface area is 134 Å². The minimum Gasteiger partial charge on any atom is -0.338 e. The Balaban J connectivity index is 1.67. The van der Waals surface area contributed by atoms with E-state index in [2.05, 4.69) is 42.1 Å². The second kappa shape index (κ2) is 6.82. The molecule has 1 aromatic rings. The van der Waals surface area contributed by atoms with Crippen LogP contribution in [0.4, 0.5) is 0 Å². The van der Waals surface area contributed by atoms with Gasteiger partial charge in [-0.15, -0.1) is 0 Å². The molecule has 2 aliphatic rings. The summed E-state index contributed by atoms with van der Waals surface area (Å²) in [6.07, 6.45) is 7.78. The zero-order valence-electron chi connectivity index (χ0n) is 14.0. The number of carbonyl (C=O) groups excluding carboxylic acids is 1. The van der Waals surface area contributed by atoms with E-state index in [1.807, 2.05) is 0 Å². The van der Waals surface area contributed by atoms with Crippen LogP contribution >= 0.6 is 0 Å². The van der Waals surface area contributed by atoms with Gasteiger partial charge in [-0.3, -0.25) is 4.79 Å². The Morgan fingerprint density at radius 1 is 1.18 bits per heavy atom. The van der Waals surface area contributed by atoms with E-state index in [9.17, 15) is 4.79 Å². The van der Waals surface area contributed by atoms with Crippen molar-refractivity contribution in [1.29, 1.82) is 0 Å². The average molecular weight is 300 g/mol. The molecule has 1 aliphatic heterocycles. The molecule has 120 valence electrons. The number of piperidine rings is 1. The molecule has 1 saturated heterocycles. The molecular formula is C19H28N2O. The number of likely N-dealkylation sites (N-methyl/N-ethyl adjacent to an activating group) is 1. The van der Waals surface area contributed by atoms with Crippen molar-refractivity contribution in [1.82, 2.24) is 9.80 Å².